The summed E-state index contributed by atoms with van der Waals surface area (Å²) in [7, 11) is 3.80. The van der Waals surface area contributed by atoms with Crippen LogP contribution >= 0.6 is 11.3 Å². The van der Waals surface area contributed by atoms with E-state index in [1.54, 1.807) is 7.11 Å². The lowest BCUT2D eigenvalue weighted by Gasteiger charge is -2.20. The lowest BCUT2D eigenvalue weighted by Crippen LogP contribution is -2.21. The molecule has 0 fully saturated rings. The number of fused-ring (bicyclic) bond motifs is 1. The van der Waals surface area contributed by atoms with Gasteiger partial charge in [-0.25, -0.2) is 4.98 Å². The van der Waals surface area contributed by atoms with Crippen molar-refractivity contribution in [2.24, 2.45) is 0 Å². The number of nitrogens with one attached hydrogen (secondary N) is 1. The van der Waals surface area contributed by atoms with Crippen LogP contribution in [0.5, 0.6) is 0 Å². The fourth-order valence-electron chi connectivity index (χ4n) is 2.55. The Kier molecular flexibility index (Phi) is 4.54. The van der Waals surface area contributed by atoms with E-state index >= 15 is 0 Å². The molecule has 0 amide bonds. The SMILES string of the molecule is CCC(OC)c1nc2c(s1)CCCC2CNC. The van der Waals surface area contributed by atoms with E-state index in [1.807, 2.05) is 18.4 Å². The van der Waals surface area contributed by atoms with Crippen molar-refractivity contribution in [1.82, 2.24) is 10.3 Å². The smallest absolute Gasteiger partial charge is 0.122 e. The maximum atomic E-state index is 5.49. The van der Waals surface area contributed by atoms with Crippen LogP contribution in [0.1, 0.15) is 53.8 Å². The van der Waals surface area contributed by atoms with Gasteiger partial charge >= 0.3 is 0 Å². The summed E-state index contributed by atoms with van der Waals surface area (Å²) in [6.07, 6.45) is 4.94. The van der Waals surface area contributed by atoms with Crippen LogP contribution in [-0.4, -0.2) is 25.7 Å². The van der Waals surface area contributed by atoms with Crippen molar-refractivity contribution < 1.29 is 4.74 Å². The molecule has 1 aliphatic carbocycles. The first-order valence-electron chi connectivity index (χ1n) is 6.47. The summed E-state index contributed by atoms with van der Waals surface area (Å²) < 4.78 is 5.49. The highest BCUT2D eigenvalue weighted by atomic mass is 32.1. The Hall–Kier alpha value is -0.450. The average Bonchev–Trinajstić information content (AvgIpc) is 2.76. The molecule has 0 saturated heterocycles. The number of rotatable bonds is 5. The maximum Gasteiger partial charge on any atom is 0.122 e. The van der Waals surface area contributed by atoms with Gasteiger partial charge < -0.3 is 10.1 Å². The van der Waals surface area contributed by atoms with E-state index in [-0.39, 0.29) is 6.10 Å². The highest BCUT2D eigenvalue weighted by Crippen LogP contribution is 2.37. The second-order valence-corrected chi connectivity index (χ2v) is 5.76. The van der Waals surface area contributed by atoms with Crippen LogP contribution in [0.25, 0.3) is 0 Å². The Morgan fingerprint density at radius 2 is 2.41 bits per heavy atom. The molecule has 2 unspecified atom stereocenters. The second kappa shape index (κ2) is 5.94. The highest BCUT2D eigenvalue weighted by molar-refractivity contribution is 7.11. The van der Waals surface area contributed by atoms with E-state index in [9.17, 15) is 0 Å². The molecule has 0 saturated carbocycles. The molecule has 0 radical (unpaired) electrons. The Balaban J connectivity index is 2.23. The summed E-state index contributed by atoms with van der Waals surface area (Å²) in [6.45, 7) is 3.19. The van der Waals surface area contributed by atoms with Gasteiger partial charge in [0, 0.05) is 24.4 Å². The fraction of sp³-hybridized carbons (Fsp3) is 0.769. The monoisotopic (exact) mass is 254 g/mol. The zero-order valence-electron chi connectivity index (χ0n) is 11.0. The van der Waals surface area contributed by atoms with Crippen molar-refractivity contribution in [3.8, 4) is 0 Å². The van der Waals surface area contributed by atoms with Crippen LogP contribution in [-0.2, 0) is 11.2 Å². The Morgan fingerprint density at radius 3 is 3.06 bits per heavy atom. The number of methoxy groups -OCH3 is 1. The zero-order chi connectivity index (χ0) is 12.3. The minimum atomic E-state index is 0.181. The van der Waals surface area contributed by atoms with Gasteiger partial charge in [-0.05, 0) is 32.7 Å². The molecule has 3 nitrogen and oxygen atoms in total. The molecular weight excluding hydrogens is 232 g/mol. The normalized spacial score (nSPS) is 21.2. The third kappa shape index (κ3) is 2.69. The Morgan fingerprint density at radius 1 is 1.59 bits per heavy atom. The fourth-order valence-corrected chi connectivity index (χ4v) is 3.91. The number of aryl methyl sites for hydroxylation is 1. The molecule has 0 spiro atoms. The van der Waals surface area contributed by atoms with Crippen molar-refractivity contribution in [3.63, 3.8) is 0 Å². The molecule has 0 aromatic carbocycles. The number of thiazole rings is 1. The number of nitrogens with zero attached hydrogens (tertiary/aromatic N) is 1. The molecule has 0 bridgehead atoms. The van der Waals surface area contributed by atoms with Crippen molar-refractivity contribution in [1.29, 1.82) is 0 Å². The van der Waals surface area contributed by atoms with Gasteiger partial charge in [0.2, 0.25) is 0 Å². The number of hydrogen-bond donors (Lipinski definition) is 1. The first kappa shape index (κ1) is 13.0. The van der Waals surface area contributed by atoms with Gasteiger partial charge in [-0.2, -0.15) is 0 Å². The van der Waals surface area contributed by atoms with E-state index < -0.39 is 0 Å². The van der Waals surface area contributed by atoms with Crippen LogP contribution < -0.4 is 5.32 Å². The Labute approximate surface area is 108 Å². The van der Waals surface area contributed by atoms with Gasteiger partial charge in [0.1, 0.15) is 11.1 Å². The molecule has 1 heterocycles. The second-order valence-electron chi connectivity index (χ2n) is 4.64. The first-order valence-corrected chi connectivity index (χ1v) is 7.28. The highest BCUT2D eigenvalue weighted by Gasteiger charge is 2.26. The molecule has 2 atom stereocenters. The van der Waals surface area contributed by atoms with E-state index in [2.05, 4.69) is 12.2 Å². The van der Waals surface area contributed by atoms with E-state index in [4.69, 9.17) is 9.72 Å². The predicted molar refractivity (Wildman–Crippen MR) is 71.8 cm³/mol. The van der Waals surface area contributed by atoms with Crippen LogP contribution in [0.15, 0.2) is 0 Å². The molecule has 17 heavy (non-hydrogen) atoms. The molecule has 1 aromatic rings. The molecule has 0 aliphatic heterocycles. The first-order chi connectivity index (χ1) is 8.30. The number of likely N-dealkylation sites (N-methyl/N-ethyl adjacent to an activating group) is 1. The van der Waals surface area contributed by atoms with Crippen LogP contribution in [0.3, 0.4) is 0 Å². The molecule has 4 heteroatoms. The minimum Gasteiger partial charge on any atom is -0.374 e. The number of hydrogen-bond acceptors (Lipinski definition) is 4. The van der Waals surface area contributed by atoms with E-state index in [1.165, 1.54) is 34.8 Å². The standard InChI is InChI=1S/C13H22N2OS/c1-4-10(16-3)13-15-12-9(8-14-2)6-5-7-11(12)17-13/h9-10,14H,4-8H2,1-3H3. The van der Waals surface area contributed by atoms with Crippen molar-refractivity contribution >= 4 is 11.3 Å². The van der Waals surface area contributed by atoms with Gasteiger partial charge in [-0.1, -0.05) is 6.92 Å². The molecule has 96 valence electrons. The molecule has 1 N–H and O–H groups in total. The summed E-state index contributed by atoms with van der Waals surface area (Å²) in [4.78, 5) is 6.33. The third-order valence-corrected chi connectivity index (χ3v) is 4.69. The summed E-state index contributed by atoms with van der Waals surface area (Å²) >= 11 is 1.86. The molecule has 1 aliphatic rings. The van der Waals surface area contributed by atoms with Gasteiger partial charge in [-0.15, -0.1) is 11.3 Å². The summed E-state index contributed by atoms with van der Waals surface area (Å²) in [6, 6.07) is 0. The summed E-state index contributed by atoms with van der Waals surface area (Å²) in [5, 5.41) is 4.45. The van der Waals surface area contributed by atoms with Gasteiger partial charge in [-0.3, -0.25) is 0 Å². The average molecular weight is 254 g/mol. The van der Waals surface area contributed by atoms with Crippen molar-refractivity contribution in [2.75, 3.05) is 20.7 Å². The van der Waals surface area contributed by atoms with Gasteiger partial charge in [0.15, 0.2) is 0 Å². The summed E-state index contributed by atoms with van der Waals surface area (Å²) in [5.74, 6) is 0.600. The van der Waals surface area contributed by atoms with Crippen molar-refractivity contribution in [3.05, 3.63) is 15.6 Å². The molecular formula is C13H22N2OS. The van der Waals surface area contributed by atoms with Crippen molar-refractivity contribution in [2.45, 2.75) is 44.6 Å². The number of aromatic nitrogens is 1. The lowest BCUT2D eigenvalue weighted by molar-refractivity contribution is 0.0996. The van der Waals surface area contributed by atoms with Gasteiger partial charge in [0.25, 0.3) is 0 Å². The van der Waals surface area contributed by atoms with Crippen LogP contribution in [0, 0.1) is 0 Å². The third-order valence-electron chi connectivity index (χ3n) is 3.47. The van der Waals surface area contributed by atoms with E-state index in [0.29, 0.717) is 5.92 Å². The topological polar surface area (TPSA) is 34.1 Å². The van der Waals surface area contributed by atoms with Crippen LogP contribution in [0.2, 0.25) is 0 Å². The predicted octanol–water partition coefficient (Wildman–Crippen LogP) is 2.88. The van der Waals surface area contributed by atoms with Crippen LogP contribution in [0.4, 0.5) is 0 Å². The largest absolute Gasteiger partial charge is 0.374 e. The summed E-state index contributed by atoms with van der Waals surface area (Å²) in [5.41, 5.74) is 1.33. The number of ether oxygens (including phenoxy) is 1. The molecule has 2 rings (SSSR count). The van der Waals surface area contributed by atoms with Gasteiger partial charge in [0.05, 0.1) is 5.69 Å². The quantitative estimate of drug-likeness (QED) is 0.877. The Bertz CT molecular complexity index is 360. The van der Waals surface area contributed by atoms with E-state index in [0.717, 1.165) is 13.0 Å². The maximum absolute atomic E-state index is 5.49. The molecule has 1 aromatic heterocycles. The zero-order valence-corrected chi connectivity index (χ0v) is 11.8. The minimum absolute atomic E-state index is 0.181. The lowest BCUT2D eigenvalue weighted by atomic mass is 9.91.